The molecule has 0 bridgehead atoms. The first-order valence-corrected chi connectivity index (χ1v) is 8.02. The van der Waals surface area contributed by atoms with Crippen LogP contribution in [0.25, 0.3) is 0 Å². The fourth-order valence-electron chi connectivity index (χ4n) is 2.08. The highest BCUT2D eigenvalue weighted by atomic mass is 35.5. The SMILES string of the molecule is S=C(NCCCOC[C@H]1CCCO1)Nc1ccc(Cl)cc1. The largest absolute Gasteiger partial charge is 0.379 e. The maximum absolute atomic E-state index is 5.83. The molecule has 1 aromatic rings. The van der Waals surface area contributed by atoms with Crippen molar-refractivity contribution >= 4 is 34.6 Å². The summed E-state index contributed by atoms with van der Waals surface area (Å²) in [5.74, 6) is 0. The minimum absolute atomic E-state index is 0.297. The molecular formula is C15H21ClN2O2S. The standard InChI is InChI=1S/C15H21ClN2O2S/c16-12-4-6-13(7-5-12)18-15(21)17-8-2-9-19-11-14-3-1-10-20-14/h4-7,14H,1-3,8-11H2,(H2,17,18,21)/t14-/m1/s1. The Balaban J connectivity index is 1.49. The lowest BCUT2D eigenvalue weighted by molar-refractivity contribution is 0.0168. The zero-order valence-corrected chi connectivity index (χ0v) is 13.5. The summed E-state index contributed by atoms with van der Waals surface area (Å²) in [5, 5.41) is 7.57. The van der Waals surface area contributed by atoms with E-state index in [1.54, 1.807) is 0 Å². The van der Waals surface area contributed by atoms with Gasteiger partial charge in [0.15, 0.2) is 5.11 Å². The van der Waals surface area contributed by atoms with Gasteiger partial charge < -0.3 is 20.1 Å². The predicted molar refractivity (Wildman–Crippen MR) is 90.1 cm³/mol. The second kappa shape index (κ2) is 9.20. The Morgan fingerprint density at radius 1 is 1.38 bits per heavy atom. The minimum Gasteiger partial charge on any atom is -0.379 e. The summed E-state index contributed by atoms with van der Waals surface area (Å²) in [7, 11) is 0. The maximum Gasteiger partial charge on any atom is 0.170 e. The molecule has 1 atom stereocenters. The first-order valence-electron chi connectivity index (χ1n) is 7.24. The summed E-state index contributed by atoms with van der Waals surface area (Å²) in [5.41, 5.74) is 0.923. The lowest BCUT2D eigenvalue weighted by Gasteiger charge is -2.12. The van der Waals surface area contributed by atoms with Gasteiger partial charge >= 0.3 is 0 Å². The van der Waals surface area contributed by atoms with E-state index in [9.17, 15) is 0 Å². The zero-order valence-electron chi connectivity index (χ0n) is 11.9. The number of benzene rings is 1. The van der Waals surface area contributed by atoms with Crippen LogP contribution in [0.5, 0.6) is 0 Å². The van der Waals surface area contributed by atoms with Gasteiger partial charge in [-0.2, -0.15) is 0 Å². The van der Waals surface area contributed by atoms with Crippen LogP contribution in [0.3, 0.4) is 0 Å². The van der Waals surface area contributed by atoms with Gasteiger partial charge in [0.1, 0.15) is 0 Å². The second-order valence-electron chi connectivity index (χ2n) is 4.95. The van der Waals surface area contributed by atoms with Crippen molar-refractivity contribution in [1.29, 1.82) is 0 Å². The highest BCUT2D eigenvalue weighted by molar-refractivity contribution is 7.80. The van der Waals surface area contributed by atoms with Crippen LogP contribution in [0, 0.1) is 0 Å². The number of hydrogen-bond donors (Lipinski definition) is 2. The van der Waals surface area contributed by atoms with Crippen LogP contribution in [0.1, 0.15) is 19.3 Å². The third-order valence-corrected chi connectivity index (χ3v) is 3.68. The Hall–Kier alpha value is -0.880. The van der Waals surface area contributed by atoms with Crippen molar-refractivity contribution in [2.24, 2.45) is 0 Å². The molecule has 0 radical (unpaired) electrons. The van der Waals surface area contributed by atoms with Crippen LogP contribution >= 0.6 is 23.8 Å². The van der Waals surface area contributed by atoms with Crippen LogP contribution in [0.15, 0.2) is 24.3 Å². The van der Waals surface area contributed by atoms with Crippen LogP contribution in [-0.2, 0) is 9.47 Å². The Labute approximate surface area is 136 Å². The summed E-state index contributed by atoms with van der Waals surface area (Å²) < 4.78 is 11.1. The number of rotatable bonds is 7. The van der Waals surface area contributed by atoms with Crippen molar-refractivity contribution in [3.05, 3.63) is 29.3 Å². The van der Waals surface area contributed by atoms with E-state index in [1.807, 2.05) is 24.3 Å². The van der Waals surface area contributed by atoms with Gasteiger partial charge in [0, 0.05) is 30.5 Å². The fraction of sp³-hybridized carbons (Fsp3) is 0.533. The molecule has 1 aliphatic heterocycles. The average molecular weight is 329 g/mol. The molecule has 2 rings (SSSR count). The van der Waals surface area contributed by atoms with Crippen LogP contribution in [0.4, 0.5) is 5.69 Å². The molecule has 1 aromatic carbocycles. The zero-order chi connectivity index (χ0) is 14.9. The van der Waals surface area contributed by atoms with Crippen molar-refractivity contribution in [1.82, 2.24) is 5.32 Å². The number of anilines is 1. The first kappa shape index (κ1) is 16.5. The fourth-order valence-corrected chi connectivity index (χ4v) is 2.42. The minimum atomic E-state index is 0.297. The molecule has 1 heterocycles. The average Bonchev–Trinajstić information content (AvgIpc) is 2.98. The van der Waals surface area contributed by atoms with E-state index < -0.39 is 0 Å². The summed E-state index contributed by atoms with van der Waals surface area (Å²) in [6, 6.07) is 7.43. The number of nitrogens with one attached hydrogen (secondary N) is 2. The van der Waals surface area contributed by atoms with E-state index in [0.717, 1.165) is 44.7 Å². The molecule has 0 aliphatic carbocycles. The quantitative estimate of drug-likeness (QED) is 0.594. The van der Waals surface area contributed by atoms with Crippen molar-refractivity contribution in [2.75, 3.05) is 31.7 Å². The van der Waals surface area contributed by atoms with Crippen LogP contribution in [0.2, 0.25) is 5.02 Å². The third-order valence-electron chi connectivity index (χ3n) is 3.18. The van der Waals surface area contributed by atoms with Crippen LogP contribution in [-0.4, -0.2) is 37.6 Å². The Bertz CT molecular complexity index is 436. The Kier molecular flexibility index (Phi) is 7.23. The molecule has 1 saturated heterocycles. The first-order chi connectivity index (χ1) is 10.2. The molecule has 0 aromatic heterocycles. The topological polar surface area (TPSA) is 42.5 Å². The van der Waals surface area contributed by atoms with E-state index in [1.165, 1.54) is 0 Å². The van der Waals surface area contributed by atoms with Gasteiger partial charge in [0.05, 0.1) is 12.7 Å². The molecule has 21 heavy (non-hydrogen) atoms. The summed E-state index contributed by atoms with van der Waals surface area (Å²) in [6.07, 6.45) is 3.48. The van der Waals surface area contributed by atoms with Crippen LogP contribution < -0.4 is 10.6 Å². The lowest BCUT2D eigenvalue weighted by Crippen LogP contribution is -2.30. The number of thiocarbonyl (C=S) groups is 1. The van der Waals surface area contributed by atoms with Gasteiger partial charge in [0.25, 0.3) is 0 Å². The normalized spacial score (nSPS) is 17.7. The summed E-state index contributed by atoms with van der Waals surface area (Å²) >= 11 is 11.0. The molecule has 0 saturated carbocycles. The maximum atomic E-state index is 5.83. The van der Waals surface area contributed by atoms with Crippen molar-refractivity contribution in [2.45, 2.75) is 25.4 Å². The molecule has 2 N–H and O–H groups in total. The van der Waals surface area contributed by atoms with Crippen molar-refractivity contribution < 1.29 is 9.47 Å². The van der Waals surface area contributed by atoms with Gasteiger partial charge in [-0.15, -0.1) is 0 Å². The molecule has 0 spiro atoms. The van der Waals surface area contributed by atoms with Gasteiger partial charge in [-0.25, -0.2) is 0 Å². The summed E-state index contributed by atoms with van der Waals surface area (Å²) in [6.45, 7) is 3.08. The number of halogens is 1. The monoisotopic (exact) mass is 328 g/mol. The molecule has 0 amide bonds. The summed E-state index contributed by atoms with van der Waals surface area (Å²) in [4.78, 5) is 0. The molecule has 116 valence electrons. The molecule has 4 nitrogen and oxygen atoms in total. The van der Waals surface area contributed by atoms with Crippen molar-refractivity contribution in [3.63, 3.8) is 0 Å². The van der Waals surface area contributed by atoms with Gasteiger partial charge in [-0.05, 0) is 55.7 Å². The third kappa shape index (κ3) is 6.61. The highest BCUT2D eigenvalue weighted by Gasteiger charge is 2.14. The molecule has 1 fully saturated rings. The number of hydrogen-bond acceptors (Lipinski definition) is 3. The van der Waals surface area contributed by atoms with E-state index in [0.29, 0.717) is 22.8 Å². The van der Waals surface area contributed by atoms with E-state index in [2.05, 4.69) is 10.6 Å². The van der Waals surface area contributed by atoms with Gasteiger partial charge in [-0.1, -0.05) is 11.6 Å². The smallest absolute Gasteiger partial charge is 0.170 e. The van der Waals surface area contributed by atoms with E-state index in [4.69, 9.17) is 33.3 Å². The molecule has 0 unspecified atom stereocenters. The van der Waals surface area contributed by atoms with E-state index >= 15 is 0 Å². The second-order valence-corrected chi connectivity index (χ2v) is 5.80. The van der Waals surface area contributed by atoms with Gasteiger partial charge in [0.2, 0.25) is 0 Å². The van der Waals surface area contributed by atoms with E-state index in [-0.39, 0.29) is 0 Å². The Morgan fingerprint density at radius 3 is 2.90 bits per heavy atom. The number of ether oxygens (including phenoxy) is 2. The molecule has 1 aliphatic rings. The Morgan fingerprint density at radius 2 is 2.19 bits per heavy atom. The van der Waals surface area contributed by atoms with Crippen molar-refractivity contribution in [3.8, 4) is 0 Å². The highest BCUT2D eigenvalue weighted by Crippen LogP contribution is 2.13. The van der Waals surface area contributed by atoms with Gasteiger partial charge in [-0.3, -0.25) is 0 Å². The predicted octanol–water partition coefficient (Wildman–Crippen LogP) is 3.21. The molecule has 6 heteroatoms. The molecular weight excluding hydrogens is 308 g/mol. The lowest BCUT2D eigenvalue weighted by atomic mass is 10.2.